The number of ether oxygens (including phenoxy) is 1. The second-order valence-corrected chi connectivity index (χ2v) is 5.11. The smallest absolute Gasteiger partial charge is 0.313 e. The van der Waals surface area contributed by atoms with Gasteiger partial charge in [-0.1, -0.05) is 29.8 Å². The molecule has 1 aromatic rings. The molecule has 1 N–H and O–H groups in total. The molecule has 0 saturated carbocycles. The Kier molecular flexibility index (Phi) is 3.20. The third-order valence-corrected chi connectivity index (χ3v) is 3.53. The van der Waals surface area contributed by atoms with Gasteiger partial charge in [-0.25, -0.2) is 0 Å². The largest absolute Gasteiger partial charge is 0.481 e. The van der Waals surface area contributed by atoms with Crippen LogP contribution in [-0.4, -0.2) is 24.3 Å². The molecule has 1 aliphatic heterocycles. The van der Waals surface area contributed by atoms with Crippen LogP contribution in [0, 0.1) is 12.8 Å². The summed E-state index contributed by atoms with van der Waals surface area (Å²) >= 11 is 0. The number of aliphatic carboxylic acids is 1. The summed E-state index contributed by atoms with van der Waals surface area (Å²) in [5.41, 5.74) is 1.18. The van der Waals surface area contributed by atoms with E-state index in [2.05, 4.69) is 0 Å². The first-order valence-corrected chi connectivity index (χ1v) is 5.90. The number of carboxylic acids is 1. The van der Waals surface area contributed by atoms with Crippen LogP contribution in [0.4, 0.5) is 0 Å². The molecular weight excluding hydrogens is 216 g/mol. The molecule has 1 unspecified atom stereocenters. The zero-order valence-electron chi connectivity index (χ0n) is 10.3. The van der Waals surface area contributed by atoms with E-state index >= 15 is 0 Å². The SMILES string of the molecule is Cc1cccc(C(C)(CC2COC2)C(=O)O)c1. The van der Waals surface area contributed by atoms with Gasteiger partial charge in [0.25, 0.3) is 0 Å². The maximum absolute atomic E-state index is 11.6. The molecule has 0 amide bonds. The molecule has 1 heterocycles. The van der Waals surface area contributed by atoms with E-state index in [0.717, 1.165) is 11.1 Å². The number of rotatable bonds is 4. The predicted molar refractivity (Wildman–Crippen MR) is 65.1 cm³/mol. The van der Waals surface area contributed by atoms with Gasteiger partial charge in [-0.3, -0.25) is 4.79 Å². The summed E-state index contributed by atoms with van der Waals surface area (Å²) in [6.45, 7) is 5.17. The van der Waals surface area contributed by atoms with Gasteiger partial charge in [-0.05, 0) is 25.8 Å². The Hall–Kier alpha value is -1.35. The van der Waals surface area contributed by atoms with Gasteiger partial charge in [0.05, 0.1) is 18.6 Å². The van der Waals surface area contributed by atoms with Crippen LogP contribution in [-0.2, 0) is 14.9 Å². The first-order valence-electron chi connectivity index (χ1n) is 5.90. The number of carbonyl (C=O) groups is 1. The third-order valence-electron chi connectivity index (χ3n) is 3.53. The monoisotopic (exact) mass is 234 g/mol. The van der Waals surface area contributed by atoms with E-state index in [9.17, 15) is 9.90 Å². The Bertz CT molecular complexity index is 423. The van der Waals surface area contributed by atoms with Crippen molar-refractivity contribution in [1.82, 2.24) is 0 Å². The molecule has 1 aromatic carbocycles. The molecule has 1 atom stereocenters. The summed E-state index contributed by atoms with van der Waals surface area (Å²) in [5.74, 6) is -0.383. The van der Waals surface area contributed by atoms with Crippen molar-refractivity contribution < 1.29 is 14.6 Å². The summed E-state index contributed by atoms with van der Waals surface area (Å²) in [7, 11) is 0. The summed E-state index contributed by atoms with van der Waals surface area (Å²) in [6, 6.07) is 7.77. The van der Waals surface area contributed by atoms with Crippen molar-refractivity contribution in [2.24, 2.45) is 5.92 Å². The summed E-state index contributed by atoms with van der Waals surface area (Å²) in [5, 5.41) is 9.50. The quantitative estimate of drug-likeness (QED) is 0.870. The number of hydrogen-bond acceptors (Lipinski definition) is 2. The molecule has 1 fully saturated rings. The number of benzene rings is 1. The lowest BCUT2D eigenvalue weighted by atomic mass is 9.74. The Labute approximate surface area is 101 Å². The number of hydrogen-bond donors (Lipinski definition) is 1. The second kappa shape index (κ2) is 4.49. The van der Waals surface area contributed by atoms with Gasteiger partial charge in [0.1, 0.15) is 0 Å². The lowest BCUT2D eigenvalue weighted by Gasteiger charge is -2.34. The molecule has 0 bridgehead atoms. The van der Waals surface area contributed by atoms with Gasteiger partial charge in [0, 0.05) is 5.92 Å². The van der Waals surface area contributed by atoms with Crippen LogP contribution in [0.3, 0.4) is 0 Å². The van der Waals surface area contributed by atoms with E-state index in [0.29, 0.717) is 25.6 Å². The molecule has 2 rings (SSSR count). The van der Waals surface area contributed by atoms with E-state index < -0.39 is 11.4 Å². The summed E-state index contributed by atoms with van der Waals surface area (Å²) < 4.78 is 5.13. The molecule has 0 spiro atoms. The van der Waals surface area contributed by atoms with Crippen molar-refractivity contribution in [3.05, 3.63) is 35.4 Å². The third kappa shape index (κ3) is 2.34. The first-order chi connectivity index (χ1) is 8.02. The minimum Gasteiger partial charge on any atom is -0.481 e. The Morgan fingerprint density at radius 1 is 1.53 bits per heavy atom. The van der Waals surface area contributed by atoms with E-state index in [1.807, 2.05) is 38.1 Å². The van der Waals surface area contributed by atoms with Gasteiger partial charge in [0.15, 0.2) is 0 Å². The molecule has 17 heavy (non-hydrogen) atoms. The lowest BCUT2D eigenvalue weighted by Crippen LogP contribution is -2.40. The highest BCUT2D eigenvalue weighted by Crippen LogP contribution is 2.34. The summed E-state index contributed by atoms with van der Waals surface area (Å²) in [4.78, 5) is 11.6. The molecular formula is C14H18O3. The van der Waals surface area contributed by atoms with Crippen LogP contribution in [0.5, 0.6) is 0 Å². The van der Waals surface area contributed by atoms with Crippen molar-refractivity contribution in [2.75, 3.05) is 13.2 Å². The van der Waals surface area contributed by atoms with Crippen molar-refractivity contribution in [3.63, 3.8) is 0 Å². The van der Waals surface area contributed by atoms with Gasteiger partial charge < -0.3 is 9.84 Å². The van der Waals surface area contributed by atoms with Gasteiger partial charge in [-0.2, -0.15) is 0 Å². The maximum Gasteiger partial charge on any atom is 0.313 e. The van der Waals surface area contributed by atoms with Crippen molar-refractivity contribution in [1.29, 1.82) is 0 Å². The topological polar surface area (TPSA) is 46.5 Å². The highest BCUT2D eigenvalue weighted by atomic mass is 16.5. The molecule has 0 aliphatic carbocycles. The second-order valence-electron chi connectivity index (χ2n) is 5.11. The fraction of sp³-hybridized carbons (Fsp3) is 0.500. The maximum atomic E-state index is 11.6. The van der Waals surface area contributed by atoms with Crippen LogP contribution in [0.15, 0.2) is 24.3 Å². The minimum atomic E-state index is -0.805. The van der Waals surface area contributed by atoms with E-state index in [1.165, 1.54) is 0 Å². The van der Waals surface area contributed by atoms with E-state index in [1.54, 1.807) is 0 Å². The molecule has 1 saturated heterocycles. The predicted octanol–water partition coefficient (Wildman–Crippen LogP) is 2.37. The standard InChI is InChI=1S/C14H18O3/c1-10-4-3-5-12(6-10)14(2,13(15)16)7-11-8-17-9-11/h3-6,11H,7-9H2,1-2H3,(H,15,16). The molecule has 1 aliphatic rings. The Morgan fingerprint density at radius 2 is 2.24 bits per heavy atom. The van der Waals surface area contributed by atoms with Crippen LogP contribution >= 0.6 is 0 Å². The normalized spacial score (nSPS) is 19.4. The van der Waals surface area contributed by atoms with E-state index in [4.69, 9.17) is 4.74 Å². The minimum absolute atomic E-state index is 0.372. The molecule has 92 valence electrons. The fourth-order valence-corrected chi connectivity index (χ4v) is 2.30. The average Bonchev–Trinajstić information content (AvgIpc) is 2.23. The average molecular weight is 234 g/mol. The zero-order valence-corrected chi connectivity index (χ0v) is 10.3. The first kappa shape index (κ1) is 12.1. The van der Waals surface area contributed by atoms with Crippen LogP contribution in [0.25, 0.3) is 0 Å². The van der Waals surface area contributed by atoms with Crippen LogP contribution < -0.4 is 0 Å². The highest BCUT2D eigenvalue weighted by Gasteiger charge is 2.39. The lowest BCUT2D eigenvalue weighted by molar-refractivity contribution is -0.145. The molecule has 3 nitrogen and oxygen atoms in total. The Balaban J connectivity index is 2.29. The summed E-state index contributed by atoms with van der Waals surface area (Å²) in [6.07, 6.45) is 0.645. The molecule has 0 aromatic heterocycles. The number of carboxylic acid groups (broad SMARTS) is 1. The van der Waals surface area contributed by atoms with Gasteiger partial charge in [-0.15, -0.1) is 0 Å². The van der Waals surface area contributed by atoms with Crippen LogP contribution in [0.1, 0.15) is 24.5 Å². The molecule has 0 radical (unpaired) electrons. The highest BCUT2D eigenvalue weighted by molar-refractivity contribution is 5.81. The van der Waals surface area contributed by atoms with Gasteiger partial charge >= 0.3 is 5.97 Å². The van der Waals surface area contributed by atoms with Gasteiger partial charge in [0.2, 0.25) is 0 Å². The van der Waals surface area contributed by atoms with Crippen molar-refractivity contribution in [3.8, 4) is 0 Å². The molecule has 3 heteroatoms. The van der Waals surface area contributed by atoms with Crippen LogP contribution in [0.2, 0.25) is 0 Å². The Morgan fingerprint density at radius 3 is 2.71 bits per heavy atom. The number of aryl methyl sites for hydroxylation is 1. The van der Waals surface area contributed by atoms with E-state index in [-0.39, 0.29) is 0 Å². The van der Waals surface area contributed by atoms with Crippen molar-refractivity contribution >= 4 is 5.97 Å². The van der Waals surface area contributed by atoms with Crippen molar-refractivity contribution in [2.45, 2.75) is 25.7 Å². The fourth-order valence-electron chi connectivity index (χ4n) is 2.30. The zero-order chi connectivity index (χ0) is 12.5.